The fourth-order valence-corrected chi connectivity index (χ4v) is 1.73. The van der Waals surface area contributed by atoms with Gasteiger partial charge in [-0.1, -0.05) is 25.1 Å². The van der Waals surface area contributed by atoms with E-state index in [4.69, 9.17) is 0 Å². The molecule has 1 heterocycles. The number of rotatable bonds is 4. The number of halogens is 1. The smallest absolute Gasteiger partial charge is 0.164 e. The number of aromatic nitrogens is 1. The third-order valence-corrected chi connectivity index (χ3v) is 2.70. The maximum Gasteiger partial charge on any atom is 0.164 e. The molecule has 2 aromatic rings. The van der Waals surface area contributed by atoms with Crippen LogP contribution in [0.1, 0.15) is 29.3 Å². The van der Waals surface area contributed by atoms with Crippen molar-refractivity contribution >= 4 is 5.78 Å². The maximum absolute atomic E-state index is 13.4. The van der Waals surface area contributed by atoms with Gasteiger partial charge in [-0.15, -0.1) is 0 Å². The van der Waals surface area contributed by atoms with E-state index in [1.54, 1.807) is 36.7 Å². The fourth-order valence-electron chi connectivity index (χ4n) is 1.73. The van der Waals surface area contributed by atoms with E-state index in [0.29, 0.717) is 24.1 Å². The zero-order chi connectivity index (χ0) is 12.3. The third kappa shape index (κ3) is 2.61. The van der Waals surface area contributed by atoms with Crippen LogP contribution in [0.25, 0.3) is 0 Å². The summed E-state index contributed by atoms with van der Waals surface area (Å²) >= 11 is 0. The fraction of sp³-hybridized carbons (Fsp3) is 0.214. The molecule has 0 saturated carbocycles. The first-order chi connectivity index (χ1) is 8.20. The van der Waals surface area contributed by atoms with Gasteiger partial charge in [-0.05, 0) is 12.1 Å². The van der Waals surface area contributed by atoms with Crippen molar-refractivity contribution in [1.82, 2.24) is 4.57 Å². The first-order valence-corrected chi connectivity index (χ1v) is 5.63. The summed E-state index contributed by atoms with van der Waals surface area (Å²) in [6, 6.07) is 8.43. The number of hydrogen-bond acceptors (Lipinski definition) is 1. The minimum Gasteiger partial charge on any atom is -0.349 e. The van der Waals surface area contributed by atoms with E-state index in [1.165, 1.54) is 6.07 Å². The van der Waals surface area contributed by atoms with E-state index < -0.39 is 0 Å². The second-order valence-electron chi connectivity index (χ2n) is 3.94. The Balaban J connectivity index is 2.17. The number of hydrogen-bond donors (Lipinski definition) is 0. The Morgan fingerprint density at radius 3 is 2.76 bits per heavy atom. The van der Waals surface area contributed by atoms with Crippen molar-refractivity contribution in [3.05, 3.63) is 59.7 Å². The van der Waals surface area contributed by atoms with Gasteiger partial charge in [0.2, 0.25) is 0 Å². The van der Waals surface area contributed by atoms with Gasteiger partial charge < -0.3 is 4.57 Å². The SMILES string of the molecule is CCC(=O)c1ccn(Cc2ccccc2F)c1. The summed E-state index contributed by atoms with van der Waals surface area (Å²) in [5.74, 6) is -0.109. The molecule has 88 valence electrons. The third-order valence-electron chi connectivity index (χ3n) is 2.70. The van der Waals surface area contributed by atoms with Gasteiger partial charge in [-0.2, -0.15) is 0 Å². The van der Waals surface area contributed by atoms with Crippen molar-refractivity contribution in [2.45, 2.75) is 19.9 Å². The molecule has 3 heteroatoms. The van der Waals surface area contributed by atoms with Crippen LogP contribution >= 0.6 is 0 Å². The zero-order valence-electron chi connectivity index (χ0n) is 9.69. The van der Waals surface area contributed by atoms with Crippen LogP contribution in [0, 0.1) is 5.82 Å². The number of carbonyl (C=O) groups excluding carboxylic acids is 1. The monoisotopic (exact) mass is 231 g/mol. The lowest BCUT2D eigenvalue weighted by Crippen LogP contribution is -2.00. The molecule has 2 rings (SSSR count). The minimum atomic E-state index is -0.218. The highest BCUT2D eigenvalue weighted by Gasteiger charge is 2.06. The van der Waals surface area contributed by atoms with Crippen molar-refractivity contribution < 1.29 is 9.18 Å². The number of Topliss-reactive ketones (excluding diaryl/α,β-unsaturated/α-hetero) is 1. The number of ketones is 1. The van der Waals surface area contributed by atoms with Gasteiger partial charge in [0.1, 0.15) is 5.82 Å². The van der Waals surface area contributed by atoms with Crippen LogP contribution in [-0.4, -0.2) is 10.4 Å². The zero-order valence-corrected chi connectivity index (χ0v) is 9.69. The number of carbonyl (C=O) groups is 1. The Morgan fingerprint density at radius 1 is 1.29 bits per heavy atom. The normalized spacial score (nSPS) is 10.5. The van der Waals surface area contributed by atoms with Crippen molar-refractivity contribution in [2.24, 2.45) is 0 Å². The minimum absolute atomic E-state index is 0.109. The van der Waals surface area contributed by atoms with Crippen LogP contribution in [0.2, 0.25) is 0 Å². The van der Waals surface area contributed by atoms with E-state index >= 15 is 0 Å². The Labute approximate surface area is 99.7 Å². The molecular weight excluding hydrogens is 217 g/mol. The van der Waals surface area contributed by atoms with Crippen LogP contribution in [0.3, 0.4) is 0 Å². The summed E-state index contributed by atoms with van der Waals surface area (Å²) in [5.41, 5.74) is 1.31. The predicted molar refractivity (Wildman–Crippen MR) is 64.6 cm³/mol. The molecule has 1 aromatic heterocycles. The molecule has 0 spiro atoms. The van der Waals surface area contributed by atoms with E-state index in [2.05, 4.69) is 0 Å². The summed E-state index contributed by atoms with van der Waals surface area (Å²) in [6.45, 7) is 2.28. The maximum atomic E-state index is 13.4. The molecule has 0 bridgehead atoms. The lowest BCUT2D eigenvalue weighted by molar-refractivity contribution is 0.0988. The van der Waals surface area contributed by atoms with Gasteiger partial charge >= 0.3 is 0 Å². The first kappa shape index (κ1) is 11.6. The second-order valence-corrected chi connectivity index (χ2v) is 3.94. The molecule has 2 nitrogen and oxygen atoms in total. The van der Waals surface area contributed by atoms with Crippen LogP contribution in [-0.2, 0) is 6.54 Å². The van der Waals surface area contributed by atoms with Gasteiger partial charge in [-0.3, -0.25) is 4.79 Å². The molecule has 1 aromatic carbocycles. The van der Waals surface area contributed by atoms with E-state index in [0.717, 1.165) is 0 Å². The molecule has 0 saturated heterocycles. The predicted octanol–water partition coefficient (Wildman–Crippen LogP) is 3.27. The number of nitrogens with zero attached hydrogens (tertiary/aromatic N) is 1. The summed E-state index contributed by atoms with van der Waals surface area (Å²) in [6.07, 6.45) is 4.05. The molecule has 0 aliphatic heterocycles. The average Bonchev–Trinajstić information content (AvgIpc) is 2.80. The summed E-state index contributed by atoms with van der Waals surface area (Å²) in [5, 5.41) is 0. The van der Waals surface area contributed by atoms with Crippen LogP contribution < -0.4 is 0 Å². The first-order valence-electron chi connectivity index (χ1n) is 5.63. The van der Waals surface area contributed by atoms with E-state index in [-0.39, 0.29) is 11.6 Å². The highest BCUT2D eigenvalue weighted by atomic mass is 19.1. The Hall–Kier alpha value is -1.90. The van der Waals surface area contributed by atoms with Crippen LogP contribution in [0.5, 0.6) is 0 Å². The molecule has 0 radical (unpaired) electrons. The second kappa shape index (κ2) is 4.95. The van der Waals surface area contributed by atoms with Crippen molar-refractivity contribution in [2.75, 3.05) is 0 Å². The molecule has 0 aliphatic rings. The summed E-state index contributed by atoms with van der Waals surface area (Å²) < 4.78 is 15.2. The molecular formula is C14H14FNO. The van der Waals surface area contributed by atoms with E-state index in [1.807, 2.05) is 11.5 Å². The van der Waals surface area contributed by atoms with Gasteiger partial charge in [0.25, 0.3) is 0 Å². The quantitative estimate of drug-likeness (QED) is 0.740. The Morgan fingerprint density at radius 2 is 2.06 bits per heavy atom. The van der Waals surface area contributed by atoms with Crippen LogP contribution in [0.4, 0.5) is 4.39 Å². The van der Waals surface area contributed by atoms with Crippen LogP contribution in [0.15, 0.2) is 42.7 Å². The molecule has 0 amide bonds. The van der Waals surface area contributed by atoms with Gasteiger partial charge in [0.05, 0.1) is 0 Å². The topological polar surface area (TPSA) is 22.0 Å². The van der Waals surface area contributed by atoms with E-state index in [9.17, 15) is 9.18 Å². The number of benzene rings is 1. The average molecular weight is 231 g/mol. The Kier molecular flexibility index (Phi) is 3.38. The Bertz CT molecular complexity index is 531. The molecule has 17 heavy (non-hydrogen) atoms. The largest absolute Gasteiger partial charge is 0.349 e. The van der Waals surface area contributed by atoms with Crippen molar-refractivity contribution in [1.29, 1.82) is 0 Å². The molecule has 0 atom stereocenters. The lowest BCUT2D eigenvalue weighted by atomic mass is 10.2. The highest BCUT2D eigenvalue weighted by Crippen LogP contribution is 2.11. The summed E-state index contributed by atoms with van der Waals surface area (Å²) in [7, 11) is 0. The summed E-state index contributed by atoms with van der Waals surface area (Å²) in [4.78, 5) is 11.5. The molecule has 0 aliphatic carbocycles. The molecule has 0 N–H and O–H groups in total. The van der Waals surface area contributed by atoms with Crippen molar-refractivity contribution in [3.8, 4) is 0 Å². The van der Waals surface area contributed by atoms with Crippen molar-refractivity contribution in [3.63, 3.8) is 0 Å². The van der Waals surface area contributed by atoms with Gasteiger partial charge in [0, 0.05) is 36.5 Å². The molecule has 0 fully saturated rings. The lowest BCUT2D eigenvalue weighted by Gasteiger charge is -2.04. The van der Waals surface area contributed by atoms with Gasteiger partial charge in [0.15, 0.2) is 5.78 Å². The highest BCUT2D eigenvalue weighted by molar-refractivity contribution is 5.95. The standard InChI is InChI=1S/C14H14FNO/c1-2-14(17)12-7-8-16(10-12)9-11-5-3-4-6-13(11)15/h3-8,10H,2,9H2,1H3. The van der Waals surface area contributed by atoms with Gasteiger partial charge in [-0.25, -0.2) is 4.39 Å². The molecule has 0 unspecified atom stereocenters.